The van der Waals surface area contributed by atoms with E-state index in [1.54, 1.807) is 26.1 Å². The van der Waals surface area contributed by atoms with E-state index in [1.807, 2.05) is 17.0 Å². The predicted octanol–water partition coefficient (Wildman–Crippen LogP) is 3.41. The van der Waals surface area contributed by atoms with Gasteiger partial charge in [0.1, 0.15) is 5.65 Å². The summed E-state index contributed by atoms with van der Waals surface area (Å²) in [5.74, 6) is -1.24. The second-order valence-corrected chi connectivity index (χ2v) is 10.3. The summed E-state index contributed by atoms with van der Waals surface area (Å²) in [7, 11) is 0. The lowest BCUT2D eigenvalue weighted by Crippen LogP contribution is -2.36. The third-order valence-electron chi connectivity index (χ3n) is 6.36. The van der Waals surface area contributed by atoms with E-state index in [1.165, 1.54) is 16.9 Å². The van der Waals surface area contributed by atoms with Crippen molar-refractivity contribution in [3.63, 3.8) is 0 Å². The Morgan fingerprint density at radius 2 is 2.03 bits per heavy atom. The van der Waals surface area contributed by atoms with Crippen molar-refractivity contribution in [3.8, 4) is 0 Å². The van der Waals surface area contributed by atoms with E-state index in [9.17, 15) is 19.5 Å². The van der Waals surface area contributed by atoms with Crippen LogP contribution in [0.3, 0.4) is 0 Å². The lowest BCUT2D eigenvalue weighted by atomic mass is 9.87. The van der Waals surface area contributed by atoms with Crippen LogP contribution in [-0.4, -0.2) is 43.9 Å². The van der Waals surface area contributed by atoms with Crippen LogP contribution in [0.2, 0.25) is 0 Å². The Bertz CT molecular complexity index is 1230. The molecule has 0 aliphatic carbocycles. The van der Waals surface area contributed by atoms with Gasteiger partial charge in [-0.15, -0.1) is 11.3 Å². The minimum atomic E-state index is -0.845. The summed E-state index contributed by atoms with van der Waals surface area (Å²) in [6.45, 7) is 5.04. The number of carbonyl (C=O) groups excluding carboxylic acids is 2. The normalized spacial score (nSPS) is 13.8. The molecule has 0 saturated carbocycles. The molecule has 174 valence electrons. The average Bonchev–Trinajstić information content (AvgIpc) is 3.37. The molecule has 4 heterocycles. The van der Waals surface area contributed by atoms with E-state index in [2.05, 4.69) is 15.6 Å². The molecule has 0 atom stereocenters. The fourth-order valence-corrected chi connectivity index (χ4v) is 5.19. The van der Waals surface area contributed by atoms with Gasteiger partial charge in [0.05, 0.1) is 23.4 Å². The van der Waals surface area contributed by atoms with Crippen LogP contribution in [0.25, 0.3) is 11.0 Å². The van der Waals surface area contributed by atoms with Crippen molar-refractivity contribution in [1.82, 2.24) is 14.5 Å². The summed E-state index contributed by atoms with van der Waals surface area (Å²) < 4.78 is 2.13. The van der Waals surface area contributed by atoms with Crippen LogP contribution in [0.1, 0.15) is 58.9 Å². The highest BCUT2D eigenvalue weighted by Gasteiger charge is 2.29. The molecule has 3 aromatic heterocycles. The van der Waals surface area contributed by atoms with Crippen LogP contribution in [0.4, 0.5) is 0 Å². The summed E-state index contributed by atoms with van der Waals surface area (Å²) in [5.41, 5.74) is 7.71. The lowest BCUT2D eigenvalue weighted by Gasteiger charge is -2.29. The monoisotopic (exact) mass is 468 g/mol. The van der Waals surface area contributed by atoms with Crippen molar-refractivity contribution in [2.24, 2.45) is 11.1 Å². The van der Waals surface area contributed by atoms with E-state index < -0.39 is 17.3 Å². The highest BCUT2D eigenvalue weighted by Crippen LogP contribution is 2.32. The maximum absolute atomic E-state index is 12.9. The van der Waals surface area contributed by atoms with Gasteiger partial charge in [0.25, 0.3) is 5.91 Å². The number of rotatable bonds is 8. The van der Waals surface area contributed by atoms with Gasteiger partial charge in [-0.2, -0.15) is 0 Å². The molecule has 8 nitrogen and oxygen atoms in total. The zero-order chi connectivity index (χ0) is 23.8. The van der Waals surface area contributed by atoms with Crippen molar-refractivity contribution in [3.05, 3.63) is 51.5 Å². The molecule has 0 bridgehead atoms. The lowest BCUT2D eigenvalue weighted by molar-refractivity contribution is -0.147. The summed E-state index contributed by atoms with van der Waals surface area (Å²) >= 11 is 1.37. The van der Waals surface area contributed by atoms with Gasteiger partial charge in [0.15, 0.2) is 0 Å². The van der Waals surface area contributed by atoms with Crippen LogP contribution in [0.5, 0.6) is 0 Å². The molecule has 2 amide bonds. The fraction of sp³-hybridized carbons (Fsp3) is 0.417. The number of carboxylic acid groups (broad SMARTS) is 1. The molecule has 4 rings (SSSR count). The van der Waals surface area contributed by atoms with Crippen LogP contribution >= 0.6 is 11.3 Å². The molecule has 33 heavy (non-hydrogen) atoms. The quantitative estimate of drug-likeness (QED) is 0.525. The number of hydrogen-bond acceptors (Lipinski definition) is 5. The third-order valence-corrected chi connectivity index (χ3v) is 7.44. The van der Waals surface area contributed by atoms with Crippen LogP contribution in [0, 0.1) is 5.41 Å². The Labute approximate surface area is 196 Å². The first-order valence-electron chi connectivity index (χ1n) is 11.0. The minimum Gasteiger partial charge on any atom is -0.481 e. The highest BCUT2D eigenvalue weighted by molar-refractivity contribution is 7.14. The van der Waals surface area contributed by atoms with Crippen LogP contribution in [-0.2, 0) is 29.1 Å². The first kappa shape index (κ1) is 23.0. The molecular weight excluding hydrogens is 440 g/mol. The fourth-order valence-electron chi connectivity index (χ4n) is 4.34. The second kappa shape index (κ2) is 8.97. The second-order valence-electron chi connectivity index (χ2n) is 9.12. The zero-order valence-electron chi connectivity index (χ0n) is 18.8. The van der Waals surface area contributed by atoms with E-state index in [0.29, 0.717) is 43.8 Å². The number of thiophene rings is 1. The largest absolute Gasteiger partial charge is 0.481 e. The molecule has 0 spiro atoms. The molecule has 3 aromatic rings. The number of carbonyl (C=O) groups is 3. The summed E-state index contributed by atoms with van der Waals surface area (Å²) in [6.07, 6.45) is 3.83. The number of aromatic nitrogens is 2. The number of nitrogens with zero attached hydrogens (tertiary/aromatic N) is 3. The molecule has 0 saturated heterocycles. The van der Waals surface area contributed by atoms with Gasteiger partial charge in [-0.3, -0.25) is 14.4 Å². The van der Waals surface area contributed by atoms with Gasteiger partial charge < -0.3 is 20.3 Å². The summed E-state index contributed by atoms with van der Waals surface area (Å²) in [6, 6.07) is 7.63. The number of pyridine rings is 1. The molecule has 9 heteroatoms. The molecule has 0 radical (unpaired) electrons. The van der Waals surface area contributed by atoms with E-state index in [4.69, 9.17) is 5.73 Å². The van der Waals surface area contributed by atoms with E-state index in [-0.39, 0.29) is 5.91 Å². The van der Waals surface area contributed by atoms with Gasteiger partial charge >= 0.3 is 5.97 Å². The van der Waals surface area contributed by atoms with E-state index >= 15 is 0 Å². The van der Waals surface area contributed by atoms with Crippen LogP contribution < -0.4 is 5.73 Å². The molecular formula is C24H28N4O4S. The van der Waals surface area contributed by atoms with Crippen molar-refractivity contribution in [1.29, 1.82) is 0 Å². The summed E-state index contributed by atoms with van der Waals surface area (Å²) in [5, 5.41) is 10.4. The number of hydrogen-bond donors (Lipinski definition) is 2. The third kappa shape index (κ3) is 4.64. The first-order valence-corrected chi connectivity index (χ1v) is 11.8. The Hall–Kier alpha value is -3.20. The zero-order valence-corrected chi connectivity index (χ0v) is 19.7. The molecule has 1 aliphatic rings. The smallest absolute Gasteiger partial charge is 0.309 e. The minimum absolute atomic E-state index is 0.0405. The maximum Gasteiger partial charge on any atom is 0.309 e. The molecule has 3 N–H and O–H groups in total. The molecule has 1 aliphatic heterocycles. The van der Waals surface area contributed by atoms with Crippen molar-refractivity contribution >= 4 is 40.2 Å². The average molecular weight is 469 g/mol. The SMILES string of the molecule is CC(C)(CCCC(=O)N1CCc2c(n(Cc3ccc(C(N)=O)s3)c3ncccc23)C1)C(=O)O. The number of nitrogens with two attached hydrogens (primary N) is 1. The van der Waals surface area contributed by atoms with Gasteiger partial charge in [-0.1, -0.05) is 0 Å². The Kier molecular flexibility index (Phi) is 6.25. The molecule has 0 unspecified atom stereocenters. The standard InChI is InChI=1S/C24H28N4O4S/c1-24(2,23(31)32)10-3-6-20(29)27-12-9-16-17-5-4-11-26-22(17)28(18(16)14-27)13-15-7-8-19(33-15)21(25)30/h4-5,7-8,11H,3,6,9-10,12-14H2,1-2H3,(H2,25,30)(H,31,32). The Morgan fingerprint density at radius 1 is 1.24 bits per heavy atom. The summed E-state index contributed by atoms with van der Waals surface area (Å²) in [4.78, 5) is 43.7. The van der Waals surface area contributed by atoms with Gasteiger partial charge in [0, 0.05) is 35.1 Å². The van der Waals surface area contributed by atoms with Gasteiger partial charge in [-0.25, -0.2) is 4.98 Å². The maximum atomic E-state index is 12.9. The van der Waals surface area contributed by atoms with Gasteiger partial charge in [-0.05, 0) is 62.9 Å². The number of aliphatic carboxylic acids is 1. The van der Waals surface area contributed by atoms with Crippen molar-refractivity contribution in [2.45, 2.75) is 52.6 Å². The topological polar surface area (TPSA) is 119 Å². The number of fused-ring (bicyclic) bond motifs is 3. The van der Waals surface area contributed by atoms with Crippen LogP contribution in [0.15, 0.2) is 30.5 Å². The molecule has 0 aromatic carbocycles. The van der Waals surface area contributed by atoms with Gasteiger partial charge in [0.2, 0.25) is 5.91 Å². The number of carboxylic acids is 1. The van der Waals surface area contributed by atoms with Crippen molar-refractivity contribution < 1.29 is 19.5 Å². The predicted molar refractivity (Wildman–Crippen MR) is 126 cm³/mol. The highest BCUT2D eigenvalue weighted by atomic mass is 32.1. The molecule has 0 fully saturated rings. The first-order chi connectivity index (χ1) is 15.7. The Morgan fingerprint density at radius 3 is 2.73 bits per heavy atom. The Balaban J connectivity index is 1.55. The van der Waals surface area contributed by atoms with E-state index in [0.717, 1.165) is 28.0 Å². The van der Waals surface area contributed by atoms with Crippen molar-refractivity contribution in [2.75, 3.05) is 6.54 Å². The number of primary amides is 1. The number of amides is 2.